The van der Waals surface area contributed by atoms with Gasteiger partial charge in [0.25, 0.3) is 5.91 Å². The van der Waals surface area contributed by atoms with E-state index in [1.54, 1.807) is 4.90 Å². The Morgan fingerprint density at radius 3 is 2.04 bits per heavy atom. The SMILES string of the molecule is O=C1/C(=C/c2ccccc2)C=C(c2ccc(Cl)cc2)N1c1ccccc1. The average molecular weight is 358 g/mol. The van der Waals surface area contributed by atoms with Crippen molar-refractivity contribution >= 4 is 35.0 Å². The van der Waals surface area contributed by atoms with Crippen LogP contribution in [0.15, 0.2) is 96.6 Å². The van der Waals surface area contributed by atoms with Crippen LogP contribution in [0.3, 0.4) is 0 Å². The van der Waals surface area contributed by atoms with Gasteiger partial charge in [-0.3, -0.25) is 9.69 Å². The molecular formula is C23H16ClNO. The van der Waals surface area contributed by atoms with Gasteiger partial charge in [-0.25, -0.2) is 0 Å². The molecule has 0 fully saturated rings. The Bertz CT molecular complexity index is 989. The Hall–Kier alpha value is -3.10. The lowest BCUT2D eigenvalue weighted by Crippen LogP contribution is -2.24. The van der Waals surface area contributed by atoms with Crippen LogP contribution in [0.25, 0.3) is 11.8 Å². The van der Waals surface area contributed by atoms with Gasteiger partial charge in [0.15, 0.2) is 0 Å². The predicted molar refractivity (Wildman–Crippen MR) is 108 cm³/mol. The molecule has 0 bridgehead atoms. The molecule has 0 N–H and O–H groups in total. The second-order valence-corrected chi connectivity index (χ2v) is 6.46. The van der Waals surface area contributed by atoms with Gasteiger partial charge in [0.05, 0.1) is 5.70 Å². The Balaban J connectivity index is 1.82. The number of anilines is 1. The molecule has 4 rings (SSSR count). The highest BCUT2D eigenvalue weighted by atomic mass is 35.5. The topological polar surface area (TPSA) is 20.3 Å². The summed E-state index contributed by atoms with van der Waals surface area (Å²) >= 11 is 6.03. The summed E-state index contributed by atoms with van der Waals surface area (Å²) in [4.78, 5) is 14.9. The summed E-state index contributed by atoms with van der Waals surface area (Å²) in [7, 11) is 0. The monoisotopic (exact) mass is 357 g/mol. The second kappa shape index (κ2) is 7.03. The lowest BCUT2D eigenvalue weighted by atomic mass is 10.1. The first kappa shape index (κ1) is 16.4. The lowest BCUT2D eigenvalue weighted by Gasteiger charge is -2.20. The molecule has 1 amide bonds. The lowest BCUT2D eigenvalue weighted by molar-refractivity contribution is -0.113. The van der Waals surface area contributed by atoms with Crippen molar-refractivity contribution in [2.24, 2.45) is 0 Å². The van der Waals surface area contributed by atoms with Gasteiger partial charge >= 0.3 is 0 Å². The molecule has 1 heterocycles. The highest BCUT2D eigenvalue weighted by Gasteiger charge is 2.30. The zero-order valence-electron chi connectivity index (χ0n) is 14.0. The van der Waals surface area contributed by atoms with Crippen LogP contribution in [0.2, 0.25) is 5.02 Å². The molecule has 0 saturated heterocycles. The third-order valence-electron chi connectivity index (χ3n) is 4.26. The number of hydrogen-bond donors (Lipinski definition) is 0. The summed E-state index contributed by atoms with van der Waals surface area (Å²) < 4.78 is 0. The number of carbonyl (C=O) groups excluding carboxylic acids is 1. The molecule has 1 aliphatic heterocycles. The van der Waals surface area contributed by atoms with Crippen LogP contribution in [0.5, 0.6) is 0 Å². The first-order chi connectivity index (χ1) is 12.7. The van der Waals surface area contributed by atoms with Crippen LogP contribution in [0.4, 0.5) is 5.69 Å². The highest BCUT2D eigenvalue weighted by Crippen LogP contribution is 2.35. The molecule has 0 aromatic heterocycles. The number of amides is 1. The maximum Gasteiger partial charge on any atom is 0.262 e. The summed E-state index contributed by atoms with van der Waals surface area (Å²) in [5.74, 6) is -0.0370. The van der Waals surface area contributed by atoms with E-state index in [0.29, 0.717) is 10.6 Å². The summed E-state index contributed by atoms with van der Waals surface area (Å²) in [6.45, 7) is 0. The van der Waals surface area contributed by atoms with Crippen LogP contribution in [0, 0.1) is 0 Å². The zero-order valence-corrected chi connectivity index (χ0v) is 14.7. The van der Waals surface area contributed by atoms with Crippen LogP contribution in [-0.4, -0.2) is 5.91 Å². The van der Waals surface area contributed by atoms with Crippen molar-refractivity contribution in [2.75, 3.05) is 4.90 Å². The number of carbonyl (C=O) groups is 1. The molecule has 0 radical (unpaired) electrons. The van der Waals surface area contributed by atoms with Gasteiger partial charge in [-0.05, 0) is 47.5 Å². The Morgan fingerprint density at radius 2 is 1.38 bits per heavy atom. The third-order valence-corrected chi connectivity index (χ3v) is 4.51. The number of rotatable bonds is 3. The van der Waals surface area contributed by atoms with Gasteiger partial charge in [0.1, 0.15) is 0 Å². The molecular weight excluding hydrogens is 342 g/mol. The fourth-order valence-corrected chi connectivity index (χ4v) is 3.14. The molecule has 0 saturated carbocycles. The molecule has 3 aromatic carbocycles. The van der Waals surface area contributed by atoms with Crippen LogP contribution >= 0.6 is 11.6 Å². The number of para-hydroxylation sites is 1. The maximum atomic E-state index is 13.1. The van der Waals surface area contributed by atoms with Crippen molar-refractivity contribution in [3.8, 4) is 0 Å². The Morgan fingerprint density at radius 1 is 0.769 bits per heavy atom. The van der Waals surface area contributed by atoms with Crippen molar-refractivity contribution in [1.82, 2.24) is 0 Å². The quantitative estimate of drug-likeness (QED) is 0.541. The van der Waals surface area contributed by atoms with Crippen molar-refractivity contribution in [3.05, 3.63) is 113 Å². The van der Waals surface area contributed by atoms with E-state index in [1.807, 2.05) is 97.1 Å². The number of hydrogen-bond acceptors (Lipinski definition) is 1. The molecule has 0 spiro atoms. The minimum absolute atomic E-state index is 0.0370. The van der Waals surface area contributed by atoms with Crippen LogP contribution in [0.1, 0.15) is 11.1 Å². The Labute approximate surface area is 157 Å². The van der Waals surface area contributed by atoms with Crippen LogP contribution < -0.4 is 4.90 Å². The molecule has 3 aromatic rings. The normalized spacial score (nSPS) is 15.4. The van der Waals surface area contributed by atoms with Gasteiger partial charge in [0.2, 0.25) is 0 Å². The zero-order chi connectivity index (χ0) is 17.9. The van der Waals surface area contributed by atoms with E-state index in [1.165, 1.54) is 0 Å². The molecule has 0 aliphatic carbocycles. The standard InChI is InChI=1S/C23H16ClNO/c24-20-13-11-18(12-14-20)22-16-19(15-17-7-3-1-4-8-17)23(26)25(22)21-9-5-2-6-10-21/h1-16H/b19-15+. The molecule has 0 atom stereocenters. The largest absolute Gasteiger partial charge is 0.276 e. The van der Waals surface area contributed by atoms with Crippen molar-refractivity contribution in [2.45, 2.75) is 0 Å². The van der Waals surface area contributed by atoms with E-state index >= 15 is 0 Å². The van der Waals surface area contributed by atoms with Gasteiger partial charge in [0, 0.05) is 16.3 Å². The van der Waals surface area contributed by atoms with E-state index in [0.717, 1.165) is 22.5 Å². The summed E-state index contributed by atoms with van der Waals surface area (Å²) in [6, 6.07) is 27.1. The van der Waals surface area contributed by atoms with Crippen molar-refractivity contribution < 1.29 is 4.79 Å². The van der Waals surface area contributed by atoms with Crippen molar-refractivity contribution in [3.63, 3.8) is 0 Å². The van der Waals surface area contributed by atoms with E-state index in [-0.39, 0.29) is 5.91 Å². The number of halogens is 1. The van der Waals surface area contributed by atoms with E-state index in [4.69, 9.17) is 11.6 Å². The molecule has 2 nitrogen and oxygen atoms in total. The molecule has 26 heavy (non-hydrogen) atoms. The average Bonchev–Trinajstić information content (AvgIpc) is 3.00. The van der Waals surface area contributed by atoms with Gasteiger partial charge < -0.3 is 0 Å². The minimum Gasteiger partial charge on any atom is -0.276 e. The summed E-state index contributed by atoms with van der Waals surface area (Å²) in [6.07, 6.45) is 3.85. The Kier molecular flexibility index (Phi) is 4.42. The van der Waals surface area contributed by atoms with Crippen LogP contribution in [-0.2, 0) is 4.79 Å². The van der Waals surface area contributed by atoms with E-state index < -0.39 is 0 Å². The van der Waals surface area contributed by atoms with Crippen molar-refractivity contribution in [1.29, 1.82) is 0 Å². The predicted octanol–water partition coefficient (Wildman–Crippen LogP) is 5.81. The number of nitrogens with zero attached hydrogens (tertiary/aromatic N) is 1. The third kappa shape index (κ3) is 3.19. The molecule has 3 heteroatoms. The molecule has 1 aliphatic rings. The summed E-state index contributed by atoms with van der Waals surface area (Å²) in [5.41, 5.74) is 4.29. The van der Waals surface area contributed by atoms with E-state index in [9.17, 15) is 4.79 Å². The first-order valence-corrected chi connectivity index (χ1v) is 8.74. The maximum absolute atomic E-state index is 13.1. The number of benzene rings is 3. The van der Waals surface area contributed by atoms with E-state index in [2.05, 4.69) is 0 Å². The minimum atomic E-state index is -0.0370. The smallest absolute Gasteiger partial charge is 0.262 e. The molecule has 126 valence electrons. The first-order valence-electron chi connectivity index (χ1n) is 8.36. The second-order valence-electron chi connectivity index (χ2n) is 6.02. The molecule has 0 unspecified atom stereocenters. The van der Waals surface area contributed by atoms with Gasteiger partial charge in [-0.15, -0.1) is 0 Å². The fourth-order valence-electron chi connectivity index (χ4n) is 3.01. The summed E-state index contributed by atoms with van der Waals surface area (Å²) in [5, 5.41) is 0.671. The highest BCUT2D eigenvalue weighted by molar-refractivity contribution is 6.30. The fraction of sp³-hybridized carbons (Fsp3) is 0. The van der Waals surface area contributed by atoms with Gasteiger partial charge in [-0.1, -0.05) is 72.3 Å². The van der Waals surface area contributed by atoms with Gasteiger partial charge in [-0.2, -0.15) is 0 Å².